The molecule has 0 aromatic heterocycles. The number of hydrogen-bond donors (Lipinski definition) is 2. The summed E-state index contributed by atoms with van der Waals surface area (Å²) in [5, 5.41) is 19.7. The van der Waals surface area contributed by atoms with Gasteiger partial charge in [0.05, 0.1) is 12.7 Å². The molecule has 3 unspecified atom stereocenters. The van der Waals surface area contributed by atoms with Crippen molar-refractivity contribution in [1.29, 1.82) is 0 Å². The monoisotopic (exact) mass is 554 g/mol. The molecule has 0 rings (SSSR count). The third kappa shape index (κ3) is 18.4. The molecule has 39 heavy (non-hydrogen) atoms. The first kappa shape index (κ1) is 38.4. The molecule has 234 valence electrons. The van der Waals surface area contributed by atoms with Gasteiger partial charge in [0, 0.05) is 18.0 Å². The van der Waals surface area contributed by atoms with Crippen molar-refractivity contribution in [3.05, 3.63) is 0 Å². The summed E-state index contributed by atoms with van der Waals surface area (Å²) in [5.74, 6) is 0.218. The Hall–Kier alpha value is -0.610. The number of aliphatic hydroxyl groups excluding tert-OH is 2. The van der Waals surface area contributed by atoms with E-state index in [4.69, 9.17) is 0 Å². The number of amides is 1. The summed E-state index contributed by atoms with van der Waals surface area (Å²) in [6.45, 7) is 10.9. The Bertz CT molecular complexity index is 540. The average molecular weight is 554 g/mol. The zero-order chi connectivity index (χ0) is 29.2. The van der Waals surface area contributed by atoms with Crippen molar-refractivity contribution in [1.82, 2.24) is 4.90 Å². The van der Waals surface area contributed by atoms with E-state index in [1.54, 1.807) is 0 Å². The topological polar surface area (TPSA) is 60.8 Å². The van der Waals surface area contributed by atoms with Gasteiger partial charge in [0.15, 0.2) is 0 Å². The fourth-order valence-corrected chi connectivity index (χ4v) is 6.02. The highest BCUT2D eigenvalue weighted by Gasteiger charge is 2.40. The minimum Gasteiger partial charge on any atom is -0.394 e. The summed E-state index contributed by atoms with van der Waals surface area (Å²) < 4.78 is 0. The summed E-state index contributed by atoms with van der Waals surface area (Å²) in [4.78, 5) is 16.0. The van der Waals surface area contributed by atoms with Gasteiger partial charge >= 0.3 is 0 Å². The van der Waals surface area contributed by atoms with Crippen molar-refractivity contribution in [2.24, 2.45) is 5.41 Å². The predicted octanol–water partition coefficient (Wildman–Crippen LogP) is 9.99. The van der Waals surface area contributed by atoms with Gasteiger partial charge in [-0.25, -0.2) is 0 Å². The van der Waals surface area contributed by atoms with Crippen LogP contribution < -0.4 is 0 Å². The summed E-state index contributed by atoms with van der Waals surface area (Å²) in [6.07, 6.45) is 29.1. The van der Waals surface area contributed by atoms with Gasteiger partial charge in [0.1, 0.15) is 0 Å². The molecule has 2 N–H and O–H groups in total. The van der Waals surface area contributed by atoms with E-state index in [0.717, 1.165) is 38.5 Å². The van der Waals surface area contributed by atoms with Gasteiger partial charge in [-0.3, -0.25) is 4.79 Å². The van der Waals surface area contributed by atoms with Gasteiger partial charge < -0.3 is 15.1 Å². The van der Waals surface area contributed by atoms with E-state index in [0.29, 0.717) is 0 Å². The zero-order valence-corrected chi connectivity index (χ0v) is 27.3. The van der Waals surface area contributed by atoms with Crippen LogP contribution in [0.1, 0.15) is 189 Å². The van der Waals surface area contributed by atoms with Crippen LogP contribution in [0.3, 0.4) is 0 Å². The van der Waals surface area contributed by atoms with Gasteiger partial charge in [0.2, 0.25) is 5.91 Å². The molecule has 0 aromatic rings. The SMILES string of the molecule is CCCCCCCCCCCCCCCCC(CC)(CCCCCCCC)C(=O)N(CC(O)CO)C(C)CC. The number of carbonyl (C=O) groups excluding carboxylic acids is 1. The van der Waals surface area contributed by atoms with E-state index in [2.05, 4.69) is 34.6 Å². The maximum atomic E-state index is 14.1. The first-order valence-electron chi connectivity index (χ1n) is 17.5. The highest BCUT2D eigenvalue weighted by molar-refractivity contribution is 5.83. The molecule has 4 heteroatoms. The Labute approximate surface area is 245 Å². The fourth-order valence-electron chi connectivity index (χ4n) is 6.02. The van der Waals surface area contributed by atoms with E-state index in [-0.39, 0.29) is 30.5 Å². The molecule has 3 atom stereocenters. The van der Waals surface area contributed by atoms with Gasteiger partial charge in [-0.05, 0) is 32.6 Å². The molecule has 0 radical (unpaired) electrons. The smallest absolute Gasteiger partial charge is 0.229 e. The third-order valence-electron chi connectivity index (χ3n) is 9.15. The zero-order valence-electron chi connectivity index (χ0n) is 27.3. The van der Waals surface area contributed by atoms with Crippen LogP contribution >= 0.6 is 0 Å². The number of hydrogen-bond acceptors (Lipinski definition) is 3. The molecule has 0 spiro atoms. The van der Waals surface area contributed by atoms with E-state index in [1.165, 1.54) is 116 Å². The minimum atomic E-state index is -0.868. The van der Waals surface area contributed by atoms with Gasteiger partial charge in [-0.15, -0.1) is 0 Å². The maximum Gasteiger partial charge on any atom is 0.229 e. The van der Waals surface area contributed by atoms with Crippen LogP contribution in [0.4, 0.5) is 0 Å². The standard InChI is InChI=1S/C35H71NO3/c1-6-10-12-14-16-17-18-19-20-21-22-23-25-27-29-35(9-4,28-26-24-15-13-11-7-2)34(39)36(32(5)8-3)30-33(38)31-37/h32-33,37-38H,6-31H2,1-5H3. The Balaban J connectivity index is 4.74. The van der Waals surface area contributed by atoms with Gasteiger partial charge in [0.25, 0.3) is 0 Å². The van der Waals surface area contributed by atoms with Gasteiger partial charge in [-0.2, -0.15) is 0 Å². The molecule has 0 aliphatic rings. The normalized spacial score (nSPS) is 14.7. The van der Waals surface area contributed by atoms with Crippen molar-refractivity contribution >= 4 is 5.91 Å². The van der Waals surface area contributed by atoms with Crippen LogP contribution in [0, 0.1) is 5.41 Å². The van der Waals surface area contributed by atoms with Crippen LogP contribution in [0.25, 0.3) is 0 Å². The Kier molecular flexibility index (Phi) is 25.9. The summed E-state index contributed by atoms with van der Waals surface area (Å²) in [5.41, 5.74) is -0.333. The number of rotatable bonds is 29. The molecule has 0 bridgehead atoms. The molecule has 0 heterocycles. The molecule has 4 nitrogen and oxygen atoms in total. The molecule has 0 saturated heterocycles. The second-order valence-corrected chi connectivity index (χ2v) is 12.5. The number of unbranched alkanes of at least 4 members (excludes halogenated alkanes) is 18. The molecule has 0 saturated carbocycles. The number of nitrogens with zero attached hydrogens (tertiary/aromatic N) is 1. The lowest BCUT2D eigenvalue weighted by atomic mass is 9.74. The number of aliphatic hydroxyl groups is 2. The number of carbonyl (C=O) groups is 1. The van der Waals surface area contributed by atoms with Crippen LogP contribution in [0.5, 0.6) is 0 Å². The largest absolute Gasteiger partial charge is 0.394 e. The highest BCUT2D eigenvalue weighted by atomic mass is 16.3. The molecule has 0 aliphatic carbocycles. The van der Waals surface area contributed by atoms with Crippen LogP contribution in [0.2, 0.25) is 0 Å². The lowest BCUT2D eigenvalue weighted by molar-refractivity contribution is -0.148. The third-order valence-corrected chi connectivity index (χ3v) is 9.15. The summed E-state index contributed by atoms with van der Waals surface area (Å²) in [6, 6.07) is 0.0746. The minimum absolute atomic E-state index is 0.0746. The van der Waals surface area contributed by atoms with E-state index in [1.807, 2.05) is 4.90 Å². The molecular weight excluding hydrogens is 482 g/mol. The first-order chi connectivity index (χ1) is 18.9. The molecule has 1 amide bonds. The fraction of sp³-hybridized carbons (Fsp3) is 0.971. The van der Waals surface area contributed by atoms with Crippen LogP contribution in [0.15, 0.2) is 0 Å². The van der Waals surface area contributed by atoms with E-state index in [9.17, 15) is 15.0 Å². The molecular formula is C35H71NO3. The highest BCUT2D eigenvalue weighted by Crippen LogP contribution is 2.38. The van der Waals surface area contributed by atoms with Crippen molar-refractivity contribution < 1.29 is 15.0 Å². The summed E-state index contributed by atoms with van der Waals surface area (Å²) >= 11 is 0. The van der Waals surface area contributed by atoms with Gasteiger partial charge in [-0.1, -0.05) is 156 Å². The Morgan fingerprint density at radius 1 is 0.641 bits per heavy atom. The lowest BCUT2D eigenvalue weighted by Gasteiger charge is -2.40. The second-order valence-electron chi connectivity index (χ2n) is 12.5. The Morgan fingerprint density at radius 3 is 1.31 bits per heavy atom. The lowest BCUT2D eigenvalue weighted by Crippen LogP contribution is -2.51. The molecule has 0 fully saturated rings. The van der Waals surface area contributed by atoms with E-state index < -0.39 is 6.10 Å². The molecule has 0 aromatic carbocycles. The second kappa shape index (κ2) is 26.3. The van der Waals surface area contributed by atoms with Crippen LogP contribution in [-0.4, -0.2) is 46.3 Å². The quantitative estimate of drug-likeness (QED) is 0.0906. The maximum absolute atomic E-state index is 14.1. The van der Waals surface area contributed by atoms with E-state index >= 15 is 0 Å². The Morgan fingerprint density at radius 2 is 1.00 bits per heavy atom. The average Bonchev–Trinajstić information content (AvgIpc) is 2.95. The van der Waals surface area contributed by atoms with Crippen molar-refractivity contribution in [2.45, 2.75) is 201 Å². The van der Waals surface area contributed by atoms with Crippen molar-refractivity contribution in [3.8, 4) is 0 Å². The predicted molar refractivity (Wildman–Crippen MR) is 170 cm³/mol. The van der Waals surface area contributed by atoms with Crippen LogP contribution in [-0.2, 0) is 4.79 Å². The summed E-state index contributed by atoms with van der Waals surface area (Å²) in [7, 11) is 0. The van der Waals surface area contributed by atoms with Crippen molar-refractivity contribution in [2.75, 3.05) is 13.2 Å². The first-order valence-corrected chi connectivity index (χ1v) is 17.5. The van der Waals surface area contributed by atoms with Crippen molar-refractivity contribution in [3.63, 3.8) is 0 Å². The molecule has 0 aliphatic heterocycles.